The zero-order valence-electron chi connectivity index (χ0n) is 4.23. The number of carboxylic acid groups (broad SMARTS) is 1. The Bertz CT molecular complexity index is 56.5. The van der Waals surface area contributed by atoms with E-state index in [1.807, 2.05) is 0 Å². The maximum absolute atomic E-state index is 9.37. The van der Waals surface area contributed by atoms with Crippen LogP contribution in [-0.2, 0) is 8.64 Å². The summed E-state index contributed by atoms with van der Waals surface area (Å²) < 4.78 is 3.19. The van der Waals surface area contributed by atoms with Crippen LogP contribution in [0.1, 0.15) is 13.3 Å². The van der Waals surface area contributed by atoms with Gasteiger partial charge in [0, 0.05) is 6.42 Å². The summed E-state index contributed by atoms with van der Waals surface area (Å²) in [6.45, 7) is 1.60. The van der Waals surface area contributed by atoms with E-state index in [2.05, 4.69) is 27.6 Å². The predicted molar refractivity (Wildman–Crippen MR) is 30.7 cm³/mol. The molecule has 1 N–H and O–H groups in total. The van der Waals surface area contributed by atoms with Crippen LogP contribution in [0.25, 0.3) is 0 Å². The molecular weight excluding hydrogens is 155 g/mol. The van der Waals surface area contributed by atoms with Gasteiger partial charge in [-0.05, 0) is 0 Å². The lowest BCUT2D eigenvalue weighted by Gasteiger charge is -1.71. The van der Waals surface area contributed by atoms with Gasteiger partial charge in [-0.3, -0.25) is 4.79 Å². The van der Waals surface area contributed by atoms with E-state index in [-0.39, 0.29) is 6.42 Å². The number of aliphatic carboxylic acids is 1. The smallest absolute Gasteiger partial charge is 0.303 e. The summed E-state index contributed by atoms with van der Waals surface area (Å²) in [4.78, 5) is 9.37. The first-order chi connectivity index (χ1) is 3.68. The van der Waals surface area contributed by atoms with Gasteiger partial charge in [0.1, 0.15) is 0 Å². The molecule has 0 aliphatic rings. The summed E-state index contributed by atoms with van der Waals surface area (Å²) >= 11 is 8.53. The fourth-order valence-electron chi connectivity index (χ4n) is 0. The number of hydrogen-bond donors (Lipinski definition) is 1. The minimum Gasteiger partial charge on any atom is -0.481 e. The van der Waals surface area contributed by atoms with Crippen molar-refractivity contribution in [2.24, 2.45) is 0 Å². The van der Waals surface area contributed by atoms with Gasteiger partial charge in [0.05, 0.1) is 23.7 Å². The summed E-state index contributed by atoms with van der Waals surface area (Å²) in [5.41, 5.74) is 0. The van der Waals surface area contributed by atoms with Gasteiger partial charge in [-0.2, -0.15) is 3.84 Å². The first-order valence-electron chi connectivity index (χ1n) is 1.80. The average Bonchev–Trinajstić information content (AvgIpc) is 1.69. The Kier molecular flexibility index (Phi) is 13.7. The molecule has 0 rings (SSSR count). The van der Waals surface area contributed by atoms with Gasteiger partial charge in [-0.25, -0.2) is 0 Å². The third kappa shape index (κ3) is 37.3. The summed E-state index contributed by atoms with van der Waals surface area (Å²) in [6, 6.07) is 0. The third-order valence-electron chi connectivity index (χ3n) is 0.302. The summed E-state index contributed by atoms with van der Waals surface area (Å²) in [5, 5.41) is 7.72. The molecule has 0 bridgehead atoms. The average molecular weight is 161 g/mol. The molecule has 50 valence electrons. The van der Waals surface area contributed by atoms with Crippen molar-refractivity contribution in [2.45, 2.75) is 13.3 Å². The molecule has 8 heavy (non-hydrogen) atoms. The zero-order valence-corrected chi connectivity index (χ0v) is 5.74. The van der Waals surface area contributed by atoms with Crippen molar-refractivity contribution >= 4 is 29.7 Å². The van der Waals surface area contributed by atoms with E-state index < -0.39 is 5.97 Å². The molecule has 0 unspecified atom stereocenters. The molecule has 0 atom stereocenters. The van der Waals surface area contributed by atoms with E-state index >= 15 is 0 Å². The van der Waals surface area contributed by atoms with Crippen molar-refractivity contribution in [3.05, 3.63) is 0 Å². The van der Waals surface area contributed by atoms with Gasteiger partial charge in [0.25, 0.3) is 0 Å². The molecule has 0 aromatic heterocycles. The van der Waals surface area contributed by atoms with Crippen LogP contribution in [0.2, 0.25) is 0 Å². The molecular formula is C3H6Cl2O3. The molecule has 5 heteroatoms. The van der Waals surface area contributed by atoms with Gasteiger partial charge in [-0.15, -0.1) is 0 Å². The molecule has 0 saturated heterocycles. The van der Waals surface area contributed by atoms with Gasteiger partial charge >= 0.3 is 5.97 Å². The topological polar surface area (TPSA) is 46.5 Å². The van der Waals surface area contributed by atoms with Gasteiger partial charge in [0.2, 0.25) is 0 Å². The maximum Gasteiger partial charge on any atom is 0.303 e. The zero-order chi connectivity index (χ0) is 6.99. The Balaban J connectivity index is 0. The number of hydrogen-bond acceptors (Lipinski definition) is 2. The molecule has 0 aromatic carbocycles. The monoisotopic (exact) mass is 160 g/mol. The van der Waals surface area contributed by atoms with Crippen LogP contribution in [0.4, 0.5) is 0 Å². The minimum atomic E-state index is -0.745. The third-order valence-corrected chi connectivity index (χ3v) is 0.302. The second kappa shape index (κ2) is 10.1. The predicted octanol–water partition coefficient (Wildman–Crippen LogP) is 1.79. The fraction of sp³-hybridized carbons (Fsp3) is 0.667. The second-order valence-corrected chi connectivity index (χ2v) is 1.27. The molecule has 0 aliphatic heterocycles. The van der Waals surface area contributed by atoms with E-state index in [0.29, 0.717) is 0 Å². The second-order valence-electron chi connectivity index (χ2n) is 0.806. The lowest BCUT2D eigenvalue weighted by atomic mass is 10.5. The van der Waals surface area contributed by atoms with Crippen LogP contribution in [0.15, 0.2) is 0 Å². The molecule has 0 aromatic rings. The van der Waals surface area contributed by atoms with Crippen molar-refractivity contribution < 1.29 is 13.7 Å². The first kappa shape index (κ1) is 10.9. The normalized spacial score (nSPS) is 6.88. The van der Waals surface area contributed by atoms with Crippen LogP contribution in [-0.4, -0.2) is 11.1 Å². The van der Waals surface area contributed by atoms with Crippen LogP contribution in [0, 0.1) is 0 Å². The van der Waals surface area contributed by atoms with Crippen molar-refractivity contribution in [2.75, 3.05) is 0 Å². The summed E-state index contributed by atoms with van der Waals surface area (Å²) in [5.74, 6) is -0.745. The van der Waals surface area contributed by atoms with Gasteiger partial charge in [0.15, 0.2) is 0 Å². The van der Waals surface area contributed by atoms with E-state index in [4.69, 9.17) is 5.11 Å². The highest BCUT2D eigenvalue weighted by Gasteiger charge is 1.80. The molecule has 0 saturated carbocycles. The Labute approximate surface area is 57.5 Å². The van der Waals surface area contributed by atoms with Gasteiger partial charge in [-0.1, -0.05) is 6.92 Å². The molecule has 0 fully saturated rings. The SMILES string of the molecule is CCC(=O)O.ClOCl. The van der Waals surface area contributed by atoms with Crippen LogP contribution >= 0.6 is 23.7 Å². The highest BCUT2D eigenvalue weighted by atomic mass is 35.6. The number of carbonyl (C=O) groups is 1. The van der Waals surface area contributed by atoms with Gasteiger partial charge < -0.3 is 5.11 Å². The van der Waals surface area contributed by atoms with E-state index in [9.17, 15) is 4.79 Å². The first-order valence-corrected chi connectivity index (χ1v) is 2.41. The number of carboxylic acids is 1. The minimum absolute atomic E-state index is 0.222. The molecule has 0 aliphatic carbocycles. The highest BCUT2D eigenvalue weighted by molar-refractivity contribution is 6.24. The summed E-state index contributed by atoms with van der Waals surface area (Å²) in [7, 11) is 0. The summed E-state index contributed by atoms with van der Waals surface area (Å²) in [6.07, 6.45) is 0.222. The molecule has 0 radical (unpaired) electrons. The fourth-order valence-corrected chi connectivity index (χ4v) is 0. The van der Waals surface area contributed by atoms with E-state index in [0.717, 1.165) is 0 Å². The number of rotatable bonds is 1. The van der Waals surface area contributed by atoms with Crippen molar-refractivity contribution in [3.63, 3.8) is 0 Å². The van der Waals surface area contributed by atoms with Crippen molar-refractivity contribution in [1.29, 1.82) is 0 Å². The Morgan fingerprint density at radius 3 is 1.88 bits per heavy atom. The quantitative estimate of drug-likeness (QED) is 0.637. The largest absolute Gasteiger partial charge is 0.481 e. The highest BCUT2D eigenvalue weighted by Crippen LogP contribution is 1.78. The van der Waals surface area contributed by atoms with E-state index in [1.54, 1.807) is 6.92 Å². The molecule has 0 amide bonds. The Morgan fingerprint density at radius 2 is 1.88 bits per heavy atom. The lowest BCUT2D eigenvalue weighted by Crippen LogP contribution is -1.86. The Hall–Kier alpha value is 0.01000. The van der Waals surface area contributed by atoms with Crippen molar-refractivity contribution in [1.82, 2.24) is 0 Å². The lowest BCUT2D eigenvalue weighted by molar-refractivity contribution is -0.136. The Morgan fingerprint density at radius 1 is 1.75 bits per heavy atom. The number of halogens is 2. The standard InChI is InChI=1S/C3H6O2.Cl2O/c1-2-3(4)5;1-3-2/h2H2,1H3,(H,4,5);. The van der Waals surface area contributed by atoms with Crippen LogP contribution in [0.3, 0.4) is 0 Å². The van der Waals surface area contributed by atoms with Crippen molar-refractivity contribution in [3.8, 4) is 0 Å². The maximum atomic E-state index is 9.37. The molecule has 3 nitrogen and oxygen atoms in total. The molecule has 0 spiro atoms. The van der Waals surface area contributed by atoms with Crippen LogP contribution < -0.4 is 0 Å². The van der Waals surface area contributed by atoms with Crippen LogP contribution in [0.5, 0.6) is 0 Å². The molecule has 0 heterocycles. The van der Waals surface area contributed by atoms with E-state index in [1.165, 1.54) is 0 Å².